The molecular weight excluding hydrogens is 302 g/mol. The molecule has 2 aromatic carbocycles. The summed E-state index contributed by atoms with van der Waals surface area (Å²) < 4.78 is 27.2. The summed E-state index contributed by atoms with van der Waals surface area (Å²) in [4.78, 5) is 10.3. The standard InChI is InChI=1S/C14H11BrF2O/c15-10(8-18)6-4-9-5-7-13(17)14-11(9)2-1-3-12(14)16/h1-3,5,7-8,10H,4,6H2. The van der Waals surface area contributed by atoms with E-state index in [0.29, 0.717) is 18.2 Å². The third-order valence-electron chi connectivity index (χ3n) is 2.87. The van der Waals surface area contributed by atoms with Gasteiger partial charge < -0.3 is 4.79 Å². The average molecular weight is 313 g/mol. The van der Waals surface area contributed by atoms with Crippen molar-refractivity contribution in [3.05, 3.63) is 47.5 Å². The fraction of sp³-hybridized carbons (Fsp3) is 0.214. The number of hydrogen-bond donors (Lipinski definition) is 0. The van der Waals surface area contributed by atoms with Gasteiger partial charge in [-0.05, 0) is 35.9 Å². The SMILES string of the molecule is O=CC(Br)CCc1ccc(F)c2c(F)cccc12. The maximum atomic E-state index is 13.6. The lowest BCUT2D eigenvalue weighted by Gasteiger charge is -2.08. The van der Waals surface area contributed by atoms with Crippen LogP contribution in [0.2, 0.25) is 0 Å². The summed E-state index contributed by atoms with van der Waals surface area (Å²) in [5, 5.41) is 0.591. The molecule has 2 rings (SSSR count). The van der Waals surface area contributed by atoms with Gasteiger partial charge in [0.25, 0.3) is 0 Å². The molecule has 0 radical (unpaired) electrons. The number of halogens is 3. The van der Waals surface area contributed by atoms with Crippen molar-refractivity contribution in [1.82, 2.24) is 0 Å². The van der Waals surface area contributed by atoms with E-state index >= 15 is 0 Å². The summed E-state index contributed by atoms with van der Waals surface area (Å²) in [6.45, 7) is 0. The number of carbonyl (C=O) groups excluding carboxylic acids is 1. The summed E-state index contributed by atoms with van der Waals surface area (Å²) in [6, 6.07) is 7.41. The highest BCUT2D eigenvalue weighted by Gasteiger charge is 2.11. The molecule has 0 saturated heterocycles. The van der Waals surface area contributed by atoms with Gasteiger partial charge >= 0.3 is 0 Å². The van der Waals surface area contributed by atoms with Gasteiger partial charge in [0.1, 0.15) is 17.9 Å². The first-order chi connectivity index (χ1) is 8.63. The van der Waals surface area contributed by atoms with Crippen LogP contribution in [0.15, 0.2) is 30.3 Å². The van der Waals surface area contributed by atoms with Crippen molar-refractivity contribution in [2.24, 2.45) is 0 Å². The Labute approximate surface area is 112 Å². The number of benzene rings is 2. The molecule has 0 aliphatic heterocycles. The minimum atomic E-state index is -0.558. The number of aryl methyl sites for hydroxylation is 1. The van der Waals surface area contributed by atoms with E-state index in [1.165, 1.54) is 12.1 Å². The van der Waals surface area contributed by atoms with E-state index in [1.54, 1.807) is 18.2 Å². The van der Waals surface area contributed by atoms with Crippen LogP contribution in [0.25, 0.3) is 10.8 Å². The van der Waals surface area contributed by atoms with Crippen LogP contribution in [0.5, 0.6) is 0 Å². The van der Waals surface area contributed by atoms with Gasteiger partial charge in [0.2, 0.25) is 0 Å². The highest BCUT2D eigenvalue weighted by molar-refractivity contribution is 9.09. The second kappa shape index (κ2) is 5.57. The Balaban J connectivity index is 2.43. The zero-order chi connectivity index (χ0) is 13.1. The molecule has 0 aliphatic carbocycles. The Morgan fingerprint density at radius 1 is 1.17 bits per heavy atom. The van der Waals surface area contributed by atoms with Crippen LogP contribution < -0.4 is 0 Å². The normalized spacial score (nSPS) is 12.6. The van der Waals surface area contributed by atoms with Crippen LogP contribution >= 0.6 is 15.9 Å². The average Bonchev–Trinajstić information content (AvgIpc) is 2.37. The van der Waals surface area contributed by atoms with Crippen molar-refractivity contribution >= 4 is 33.0 Å². The molecule has 2 aromatic rings. The van der Waals surface area contributed by atoms with Crippen molar-refractivity contribution < 1.29 is 13.6 Å². The molecule has 1 unspecified atom stereocenters. The quantitative estimate of drug-likeness (QED) is 0.616. The minimum Gasteiger partial charge on any atom is -0.302 e. The number of alkyl halides is 1. The molecule has 0 bridgehead atoms. The van der Waals surface area contributed by atoms with Gasteiger partial charge in [0.15, 0.2) is 0 Å². The van der Waals surface area contributed by atoms with Crippen LogP contribution in [-0.2, 0) is 11.2 Å². The van der Waals surface area contributed by atoms with Gasteiger partial charge in [-0.3, -0.25) is 0 Å². The first-order valence-corrected chi connectivity index (χ1v) is 6.50. The maximum absolute atomic E-state index is 13.6. The first kappa shape index (κ1) is 13.1. The van der Waals surface area contributed by atoms with Gasteiger partial charge in [-0.2, -0.15) is 0 Å². The van der Waals surface area contributed by atoms with Crippen LogP contribution in [0, 0.1) is 11.6 Å². The predicted octanol–water partition coefficient (Wildman–Crippen LogP) is 4.01. The molecule has 0 N–H and O–H groups in total. The number of aldehydes is 1. The Hall–Kier alpha value is -1.29. The molecule has 0 fully saturated rings. The molecule has 0 amide bonds. The van der Waals surface area contributed by atoms with E-state index in [2.05, 4.69) is 15.9 Å². The molecule has 0 aliphatic rings. The molecule has 1 nitrogen and oxygen atoms in total. The van der Waals surface area contributed by atoms with Gasteiger partial charge in [0.05, 0.1) is 10.2 Å². The van der Waals surface area contributed by atoms with E-state index in [4.69, 9.17) is 0 Å². The summed E-state index contributed by atoms with van der Waals surface area (Å²) >= 11 is 3.21. The largest absolute Gasteiger partial charge is 0.302 e. The molecule has 1 atom stereocenters. The maximum Gasteiger partial charge on any atom is 0.133 e. The van der Waals surface area contributed by atoms with E-state index in [-0.39, 0.29) is 10.2 Å². The van der Waals surface area contributed by atoms with Crippen molar-refractivity contribution in [3.63, 3.8) is 0 Å². The summed E-state index contributed by atoms with van der Waals surface area (Å²) in [7, 11) is 0. The minimum absolute atomic E-state index is 0.0206. The van der Waals surface area contributed by atoms with Crippen molar-refractivity contribution in [2.75, 3.05) is 0 Å². The topological polar surface area (TPSA) is 17.1 Å². The van der Waals surface area contributed by atoms with Gasteiger partial charge in [-0.25, -0.2) is 8.78 Å². The fourth-order valence-corrected chi connectivity index (χ4v) is 2.19. The van der Waals surface area contributed by atoms with Gasteiger partial charge in [-0.1, -0.05) is 34.1 Å². The molecule has 94 valence electrons. The van der Waals surface area contributed by atoms with E-state index in [9.17, 15) is 13.6 Å². The highest BCUT2D eigenvalue weighted by Crippen LogP contribution is 2.26. The Morgan fingerprint density at radius 2 is 1.89 bits per heavy atom. The van der Waals surface area contributed by atoms with Crippen LogP contribution in [-0.4, -0.2) is 11.1 Å². The third kappa shape index (κ3) is 2.58. The molecule has 0 heterocycles. The Bertz CT molecular complexity index is 575. The van der Waals surface area contributed by atoms with Crippen LogP contribution in [0.4, 0.5) is 8.78 Å². The number of fused-ring (bicyclic) bond motifs is 1. The van der Waals surface area contributed by atoms with Crippen molar-refractivity contribution in [1.29, 1.82) is 0 Å². The first-order valence-electron chi connectivity index (χ1n) is 5.58. The lowest BCUT2D eigenvalue weighted by atomic mass is 9.99. The number of hydrogen-bond acceptors (Lipinski definition) is 1. The second-order valence-electron chi connectivity index (χ2n) is 4.06. The highest BCUT2D eigenvalue weighted by atomic mass is 79.9. The van der Waals surface area contributed by atoms with E-state index in [1.807, 2.05) is 0 Å². The molecule has 0 aromatic heterocycles. The monoisotopic (exact) mass is 312 g/mol. The smallest absolute Gasteiger partial charge is 0.133 e. The molecule has 0 saturated carbocycles. The molecule has 18 heavy (non-hydrogen) atoms. The van der Waals surface area contributed by atoms with Crippen molar-refractivity contribution in [2.45, 2.75) is 17.7 Å². The Kier molecular flexibility index (Phi) is 4.07. The third-order valence-corrected chi connectivity index (χ3v) is 3.54. The van der Waals surface area contributed by atoms with Gasteiger partial charge in [0, 0.05) is 0 Å². The summed E-state index contributed by atoms with van der Waals surface area (Å²) in [5.74, 6) is -1.12. The molecular formula is C14H11BrF2O. The van der Waals surface area contributed by atoms with E-state index < -0.39 is 11.6 Å². The Morgan fingerprint density at radius 3 is 2.61 bits per heavy atom. The second-order valence-corrected chi connectivity index (χ2v) is 5.24. The fourth-order valence-electron chi connectivity index (χ4n) is 1.96. The van der Waals surface area contributed by atoms with Crippen LogP contribution in [0.1, 0.15) is 12.0 Å². The summed E-state index contributed by atoms with van der Waals surface area (Å²) in [5.41, 5.74) is 0.845. The van der Waals surface area contributed by atoms with E-state index in [0.717, 1.165) is 11.8 Å². The zero-order valence-corrected chi connectivity index (χ0v) is 11.1. The lowest BCUT2D eigenvalue weighted by molar-refractivity contribution is -0.107. The molecule has 4 heteroatoms. The predicted molar refractivity (Wildman–Crippen MR) is 71.0 cm³/mol. The lowest BCUT2D eigenvalue weighted by Crippen LogP contribution is -2.02. The zero-order valence-electron chi connectivity index (χ0n) is 9.50. The van der Waals surface area contributed by atoms with Crippen molar-refractivity contribution in [3.8, 4) is 0 Å². The number of carbonyl (C=O) groups is 1. The number of rotatable bonds is 4. The van der Waals surface area contributed by atoms with Crippen LogP contribution in [0.3, 0.4) is 0 Å². The van der Waals surface area contributed by atoms with Gasteiger partial charge in [-0.15, -0.1) is 0 Å². The molecule has 0 spiro atoms. The summed E-state index contributed by atoms with van der Waals surface area (Å²) in [6.07, 6.45) is 2.00.